The maximum Gasteiger partial charge on any atom is 0.315 e. The Morgan fingerprint density at radius 3 is 2.44 bits per heavy atom. The van der Waals surface area contributed by atoms with E-state index in [-0.39, 0.29) is 36.0 Å². The number of urea groups is 1. The van der Waals surface area contributed by atoms with Gasteiger partial charge in [-0.25, -0.2) is 13.2 Å². The number of ether oxygens (including phenoxy) is 2. The second-order valence-electron chi connectivity index (χ2n) is 7.68. The molecule has 0 atom stereocenters. The maximum absolute atomic E-state index is 13.2. The average molecular weight is 491 g/mol. The number of nitrogens with zero attached hydrogens (tertiary/aromatic N) is 1. The van der Waals surface area contributed by atoms with Gasteiger partial charge in [0, 0.05) is 25.3 Å². The van der Waals surface area contributed by atoms with Crippen LogP contribution in [0.15, 0.2) is 47.4 Å². The van der Waals surface area contributed by atoms with Gasteiger partial charge in [0.2, 0.25) is 15.9 Å². The van der Waals surface area contributed by atoms with Crippen molar-refractivity contribution >= 4 is 27.6 Å². The van der Waals surface area contributed by atoms with Crippen molar-refractivity contribution in [2.24, 2.45) is 0 Å². The Morgan fingerprint density at radius 2 is 1.76 bits per heavy atom. The third-order valence-corrected chi connectivity index (χ3v) is 7.02. The van der Waals surface area contributed by atoms with Crippen LogP contribution in [0.2, 0.25) is 0 Å². The quantitative estimate of drug-likeness (QED) is 0.493. The van der Waals surface area contributed by atoms with E-state index in [9.17, 15) is 18.0 Å². The first-order valence-corrected chi connectivity index (χ1v) is 12.5. The van der Waals surface area contributed by atoms with Crippen LogP contribution < -0.4 is 20.7 Å². The molecule has 1 aliphatic rings. The molecule has 10 nitrogen and oxygen atoms in total. The predicted octanol–water partition coefficient (Wildman–Crippen LogP) is 1.85. The Morgan fingerprint density at radius 1 is 1.06 bits per heavy atom. The smallest absolute Gasteiger partial charge is 0.315 e. The summed E-state index contributed by atoms with van der Waals surface area (Å²) in [6, 6.07) is 11.7. The van der Waals surface area contributed by atoms with Crippen LogP contribution in [-0.4, -0.2) is 64.1 Å². The number of anilines is 1. The lowest BCUT2D eigenvalue weighted by Crippen LogP contribution is -2.41. The zero-order chi connectivity index (χ0) is 24.6. The van der Waals surface area contributed by atoms with Gasteiger partial charge in [-0.15, -0.1) is 0 Å². The van der Waals surface area contributed by atoms with Crippen molar-refractivity contribution in [1.82, 2.24) is 14.9 Å². The minimum atomic E-state index is -3.84. The number of carbonyl (C=O) groups excluding carboxylic acids is 2. The van der Waals surface area contributed by atoms with Crippen LogP contribution in [0.3, 0.4) is 0 Å². The highest BCUT2D eigenvalue weighted by molar-refractivity contribution is 7.89. The van der Waals surface area contributed by atoms with Crippen molar-refractivity contribution in [1.29, 1.82) is 0 Å². The molecule has 3 rings (SSSR count). The molecule has 1 saturated heterocycles. The summed E-state index contributed by atoms with van der Waals surface area (Å²) >= 11 is 0. The topological polar surface area (TPSA) is 126 Å². The number of hydrogen-bond acceptors (Lipinski definition) is 6. The molecule has 1 fully saturated rings. The lowest BCUT2D eigenvalue weighted by molar-refractivity contribution is -0.115. The highest BCUT2D eigenvalue weighted by atomic mass is 32.2. The van der Waals surface area contributed by atoms with Gasteiger partial charge in [0.1, 0.15) is 10.6 Å². The minimum Gasteiger partial charge on any atom is -0.492 e. The first-order valence-electron chi connectivity index (χ1n) is 11.0. The van der Waals surface area contributed by atoms with Crippen molar-refractivity contribution in [3.05, 3.63) is 53.6 Å². The molecule has 2 aromatic rings. The highest BCUT2D eigenvalue weighted by Crippen LogP contribution is 2.30. The molecule has 3 amide bonds. The van der Waals surface area contributed by atoms with Crippen LogP contribution in [0.1, 0.15) is 18.1 Å². The second-order valence-corrected chi connectivity index (χ2v) is 9.59. The fraction of sp³-hybridized carbons (Fsp3) is 0.391. The molecule has 0 spiro atoms. The summed E-state index contributed by atoms with van der Waals surface area (Å²) in [6.45, 7) is 5.20. The summed E-state index contributed by atoms with van der Waals surface area (Å²) < 4.78 is 38.4. The summed E-state index contributed by atoms with van der Waals surface area (Å²) in [7, 11) is -3.84. The van der Waals surface area contributed by atoms with Crippen molar-refractivity contribution in [3.63, 3.8) is 0 Å². The van der Waals surface area contributed by atoms with E-state index in [4.69, 9.17) is 9.47 Å². The Kier molecular flexibility index (Phi) is 8.85. The third kappa shape index (κ3) is 6.92. The standard InChI is InChI=1S/C23H30N4O6S/c1-3-33-20-9-8-19(14-21(20)34(30,31)27-10-12-32-13-11-27)26-22(28)16-25-23(29)24-15-18-6-4-17(2)5-7-18/h4-9,14H,3,10-13,15-16H2,1-2H3,(H,26,28)(H2,24,25,29). The van der Waals surface area contributed by atoms with E-state index in [0.29, 0.717) is 26.4 Å². The molecule has 11 heteroatoms. The first-order chi connectivity index (χ1) is 16.3. The fourth-order valence-corrected chi connectivity index (χ4v) is 4.87. The lowest BCUT2D eigenvalue weighted by Gasteiger charge is -2.27. The fourth-order valence-electron chi connectivity index (χ4n) is 3.30. The van der Waals surface area contributed by atoms with Gasteiger partial charge in [-0.2, -0.15) is 4.31 Å². The van der Waals surface area contributed by atoms with Gasteiger partial charge in [0.05, 0.1) is 26.4 Å². The molecule has 0 saturated carbocycles. The van der Waals surface area contributed by atoms with Crippen molar-refractivity contribution < 1.29 is 27.5 Å². The van der Waals surface area contributed by atoms with Crippen LogP contribution in [0, 0.1) is 6.92 Å². The van der Waals surface area contributed by atoms with Gasteiger partial charge < -0.3 is 25.4 Å². The van der Waals surface area contributed by atoms with Gasteiger partial charge >= 0.3 is 6.03 Å². The lowest BCUT2D eigenvalue weighted by atomic mass is 10.1. The molecular weight excluding hydrogens is 460 g/mol. The number of amides is 3. The van der Waals surface area contributed by atoms with E-state index in [1.54, 1.807) is 13.0 Å². The van der Waals surface area contributed by atoms with Crippen molar-refractivity contribution in [2.45, 2.75) is 25.3 Å². The summed E-state index contributed by atoms with van der Waals surface area (Å²) in [5, 5.41) is 7.79. The Bertz CT molecular complexity index is 1100. The number of morpholine rings is 1. The van der Waals surface area contributed by atoms with Crippen LogP contribution in [0.4, 0.5) is 10.5 Å². The molecule has 0 radical (unpaired) electrons. The van der Waals surface area contributed by atoms with Gasteiger partial charge in [0.25, 0.3) is 0 Å². The van der Waals surface area contributed by atoms with Gasteiger partial charge in [-0.1, -0.05) is 29.8 Å². The molecule has 3 N–H and O–H groups in total. The average Bonchev–Trinajstić information content (AvgIpc) is 2.84. The summed E-state index contributed by atoms with van der Waals surface area (Å²) in [6.07, 6.45) is 0. The highest BCUT2D eigenvalue weighted by Gasteiger charge is 2.29. The van der Waals surface area contributed by atoms with Gasteiger partial charge in [-0.3, -0.25) is 4.79 Å². The van der Waals surface area contributed by atoms with Crippen molar-refractivity contribution in [2.75, 3.05) is 44.8 Å². The summed E-state index contributed by atoms with van der Waals surface area (Å²) in [5.74, 6) is -0.287. The second kappa shape index (κ2) is 11.8. The van der Waals surface area contributed by atoms with E-state index in [2.05, 4.69) is 16.0 Å². The summed E-state index contributed by atoms with van der Waals surface area (Å²) in [4.78, 5) is 24.3. The van der Waals surface area contributed by atoms with Crippen LogP contribution >= 0.6 is 0 Å². The monoisotopic (exact) mass is 490 g/mol. The molecule has 184 valence electrons. The van der Waals surface area contributed by atoms with Gasteiger partial charge in [0.15, 0.2) is 0 Å². The van der Waals surface area contributed by atoms with Crippen LogP contribution in [0.25, 0.3) is 0 Å². The van der Waals surface area contributed by atoms with Gasteiger partial charge in [-0.05, 0) is 37.6 Å². The van der Waals surface area contributed by atoms with Crippen LogP contribution in [-0.2, 0) is 26.1 Å². The Labute approximate surface area is 199 Å². The molecule has 0 aliphatic carbocycles. The minimum absolute atomic E-state index is 0.0298. The largest absolute Gasteiger partial charge is 0.492 e. The number of nitrogens with one attached hydrogen (secondary N) is 3. The Balaban J connectivity index is 1.59. The molecule has 1 aliphatic heterocycles. The number of benzene rings is 2. The molecular formula is C23H30N4O6S. The molecule has 0 aromatic heterocycles. The molecule has 2 aromatic carbocycles. The van der Waals surface area contributed by atoms with E-state index in [1.165, 1.54) is 16.4 Å². The number of carbonyl (C=O) groups is 2. The number of rotatable bonds is 9. The zero-order valence-corrected chi connectivity index (χ0v) is 20.1. The van der Waals surface area contributed by atoms with Crippen LogP contribution in [0.5, 0.6) is 5.75 Å². The SMILES string of the molecule is CCOc1ccc(NC(=O)CNC(=O)NCc2ccc(C)cc2)cc1S(=O)(=O)N1CCOCC1. The van der Waals surface area contributed by atoms with E-state index < -0.39 is 22.0 Å². The maximum atomic E-state index is 13.2. The van der Waals surface area contributed by atoms with E-state index in [1.807, 2.05) is 31.2 Å². The van der Waals surface area contributed by atoms with E-state index >= 15 is 0 Å². The molecule has 0 bridgehead atoms. The van der Waals surface area contributed by atoms with Crippen molar-refractivity contribution in [3.8, 4) is 5.75 Å². The molecule has 1 heterocycles. The molecule has 34 heavy (non-hydrogen) atoms. The molecule has 0 unspecified atom stereocenters. The zero-order valence-electron chi connectivity index (χ0n) is 19.3. The third-order valence-electron chi connectivity index (χ3n) is 5.10. The number of aryl methyl sites for hydroxylation is 1. The van der Waals surface area contributed by atoms with E-state index in [0.717, 1.165) is 11.1 Å². The first kappa shape index (κ1) is 25.5. The Hall–Kier alpha value is -3.15. The normalized spacial score (nSPS) is 14.3. The number of sulfonamides is 1. The number of hydrogen-bond donors (Lipinski definition) is 3. The summed E-state index contributed by atoms with van der Waals surface area (Å²) in [5.41, 5.74) is 2.34. The predicted molar refractivity (Wildman–Crippen MR) is 127 cm³/mol.